The molecular weight excluding hydrogens is 300 g/mol. The van der Waals surface area contributed by atoms with Gasteiger partial charge < -0.3 is 9.47 Å². The Labute approximate surface area is 143 Å². The van der Waals surface area contributed by atoms with Crippen molar-refractivity contribution in [2.24, 2.45) is 5.92 Å². The standard InChI is InChI=1S/C21H24O3/c1-4-8-20(16(2)21(22)23-3)18-11-13-19(14-12-18)24-15-17-9-6-5-7-10-17/h4-14,16,20H,15H2,1-3H3/t16-,20+/m0/s1. The lowest BCUT2D eigenvalue weighted by molar-refractivity contribution is -0.145. The number of allylic oxidation sites excluding steroid dienone is 2. The summed E-state index contributed by atoms with van der Waals surface area (Å²) in [4.78, 5) is 11.8. The Hall–Kier alpha value is -2.55. The van der Waals surface area contributed by atoms with Gasteiger partial charge in [0, 0.05) is 5.92 Å². The molecule has 2 aromatic carbocycles. The zero-order valence-corrected chi connectivity index (χ0v) is 14.4. The maximum atomic E-state index is 11.8. The molecule has 0 aliphatic heterocycles. The molecule has 0 unspecified atom stereocenters. The second kappa shape index (κ2) is 8.92. The molecule has 2 atom stereocenters. The van der Waals surface area contributed by atoms with Crippen molar-refractivity contribution in [3.8, 4) is 5.75 Å². The van der Waals surface area contributed by atoms with Gasteiger partial charge in [-0.05, 0) is 30.2 Å². The van der Waals surface area contributed by atoms with Gasteiger partial charge in [-0.1, -0.05) is 61.5 Å². The maximum Gasteiger partial charge on any atom is 0.309 e. The summed E-state index contributed by atoms with van der Waals surface area (Å²) in [6, 6.07) is 18.0. The first kappa shape index (κ1) is 17.8. The number of carbonyl (C=O) groups is 1. The van der Waals surface area contributed by atoms with Gasteiger partial charge in [0.15, 0.2) is 0 Å². The molecule has 126 valence electrons. The van der Waals surface area contributed by atoms with Crippen molar-refractivity contribution in [2.75, 3.05) is 7.11 Å². The third-order valence-corrected chi connectivity index (χ3v) is 4.02. The number of rotatable bonds is 7. The van der Waals surface area contributed by atoms with Crippen LogP contribution in [-0.2, 0) is 16.1 Å². The van der Waals surface area contributed by atoms with E-state index in [0.29, 0.717) is 6.61 Å². The molecule has 0 heterocycles. The first-order valence-electron chi connectivity index (χ1n) is 8.13. The van der Waals surface area contributed by atoms with Gasteiger partial charge in [0.05, 0.1) is 13.0 Å². The highest BCUT2D eigenvalue weighted by atomic mass is 16.5. The molecule has 0 aromatic heterocycles. The zero-order chi connectivity index (χ0) is 17.4. The number of benzene rings is 2. The Bertz CT molecular complexity index is 659. The average molecular weight is 324 g/mol. The highest BCUT2D eigenvalue weighted by Gasteiger charge is 2.24. The second-order valence-corrected chi connectivity index (χ2v) is 5.71. The number of hydrogen-bond donors (Lipinski definition) is 0. The molecule has 2 aromatic rings. The smallest absolute Gasteiger partial charge is 0.309 e. The van der Waals surface area contributed by atoms with Crippen LogP contribution in [0, 0.1) is 5.92 Å². The number of hydrogen-bond acceptors (Lipinski definition) is 3. The molecule has 0 spiro atoms. The maximum absolute atomic E-state index is 11.8. The van der Waals surface area contributed by atoms with E-state index in [4.69, 9.17) is 9.47 Å². The monoisotopic (exact) mass is 324 g/mol. The van der Waals surface area contributed by atoms with Crippen LogP contribution in [0.2, 0.25) is 0 Å². The minimum absolute atomic E-state index is 0.00868. The van der Waals surface area contributed by atoms with E-state index >= 15 is 0 Å². The van der Waals surface area contributed by atoms with Crippen LogP contribution in [-0.4, -0.2) is 13.1 Å². The van der Waals surface area contributed by atoms with Gasteiger partial charge >= 0.3 is 5.97 Å². The fourth-order valence-electron chi connectivity index (χ4n) is 2.63. The summed E-state index contributed by atoms with van der Waals surface area (Å²) in [6.45, 7) is 4.38. The summed E-state index contributed by atoms with van der Waals surface area (Å²) in [5.74, 6) is 0.364. The topological polar surface area (TPSA) is 35.5 Å². The average Bonchev–Trinajstić information content (AvgIpc) is 2.64. The van der Waals surface area contributed by atoms with E-state index in [1.165, 1.54) is 7.11 Å². The molecule has 24 heavy (non-hydrogen) atoms. The molecule has 0 N–H and O–H groups in total. The van der Waals surface area contributed by atoms with Crippen molar-refractivity contribution in [2.45, 2.75) is 26.4 Å². The fourth-order valence-corrected chi connectivity index (χ4v) is 2.63. The number of carbonyl (C=O) groups excluding carboxylic acids is 1. The Kier molecular flexibility index (Phi) is 6.62. The van der Waals surface area contributed by atoms with E-state index in [0.717, 1.165) is 16.9 Å². The number of ether oxygens (including phenoxy) is 2. The van der Waals surface area contributed by atoms with Crippen LogP contribution in [0.25, 0.3) is 0 Å². The van der Waals surface area contributed by atoms with Gasteiger partial charge in [-0.3, -0.25) is 4.79 Å². The molecule has 0 radical (unpaired) electrons. The van der Waals surface area contributed by atoms with Crippen LogP contribution in [0.5, 0.6) is 5.75 Å². The Morgan fingerprint density at radius 3 is 2.33 bits per heavy atom. The molecule has 2 rings (SSSR count). The Morgan fingerprint density at radius 1 is 1.08 bits per heavy atom. The predicted octanol–water partition coefficient (Wildman–Crippen LogP) is 4.73. The second-order valence-electron chi connectivity index (χ2n) is 5.71. The summed E-state index contributed by atoms with van der Waals surface area (Å²) < 4.78 is 10.7. The summed E-state index contributed by atoms with van der Waals surface area (Å²) in [7, 11) is 1.42. The van der Waals surface area contributed by atoms with E-state index in [1.807, 2.05) is 80.6 Å². The van der Waals surface area contributed by atoms with Crippen molar-refractivity contribution in [3.05, 3.63) is 77.9 Å². The minimum Gasteiger partial charge on any atom is -0.489 e. The van der Waals surface area contributed by atoms with Crippen molar-refractivity contribution >= 4 is 5.97 Å². The summed E-state index contributed by atoms with van der Waals surface area (Å²) in [5.41, 5.74) is 2.20. The molecular formula is C21H24O3. The van der Waals surface area contributed by atoms with E-state index in [2.05, 4.69) is 0 Å². The van der Waals surface area contributed by atoms with E-state index < -0.39 is 0 Å². The molecule has 3 nitrogen and oxygen atoms in total. The van der Waals surface area contributed by atoms with Gasteiger partial charge in [-0.2, -0.15) is 0 Å². The highest BCUT2D eigenvalue weighted by Crippen LogP contribution is 2.28. The van der Waals surface area contributed by atoms with Crippen LogP contribution in [0.15, 0.2) is 66.7 Å². The number of methoxy groups -OCH3 is 1. The van der Waals surface area contributed by atoms with Crippen molar-refractivity contribution in [3.63, 3.8) is 0 Å². The van der Waals surface area contributed by atoms with Crippen molar-refractivity contribution in [1.82, 2.24) is 0 Å². The normalized spacial score (nSPS) is 13.5. The van der Waals surface area contributed by atoms with E-state index in [9.17, 15) is 4.79 Å². The number of esters is 1. The van der Waals surface area contributed by atoms with Crippen LogP contribution < -0.4 is 4.74 Å². The van der Waals surface area contributed by atoms with Gasteiger partial charge in [0.2, 0.25) is 0 Å². The van der Waals surface area contributed by atoms with Crippen LogP contribution in [0.3, 0.4) is 0 Å². The van der Waals surface area contributed by atoms with E-state index in [-0.39, 0.29) is 17.8 Å². The molecule has 0 aliphatic carbocycles. The molecule has 0 fully saturated rings. The molecule has 3 heteroatoms. The van der Waals surface area contributed by atoms with Crippen molar-refractivity contribution in [1.29, 1.82) is 0 Å². The summed E-state index contributed by atoms with van der Waals surface area (Å²) in [5, 5.41) is 0. The fraction of sp³-hybridized carbons (Fsp3) is 0.286. The summed E-state index contributed by atoms with van der Waals surface area (Å²) >= 11 is 0. The SMILES string of the molecule is CC=C[C@@H](c1ccc(OCc2ccccc2)cc1)[C@H](C)C(=O)OC. The first-order chi connectivity index (χ1) is 11.7. The quantitative estimate of drug-likeness (QED) is 0.545. The lowest BCUT2D eigenvalue weighted by atomic mass is 9.87. The van der Waals surface area contributed by atoms with Gasteiger partial charge in [0.1, 0.15) is 12.4 Å². The summed E-state index contributed by atoms with van der Waals surface area (Å²) in [6.07, 6.45) is 3.99. The van der Waals surface area contributed by atoms with Crippen LogP contribution >= 0.6 is 0 Å². The predicted molar refractivity (Wildman–Crippen MR) is 96.0 cm³/mol. The molecule has 0 bridgehead atoms. The van der Waals surface area contributed by atoms with Gasteiger partial charge in [-0.25, -0.2) is 0 Å². The lowest BCUT2D eigenvalue weighted by Crippen LogP contribution is -2.19. The van der Waals surface area contributed by atoms with Crippen molar-refractivity contribution < 1.29 is 14.3 Å². The van der Waals surface area contributed by atoms with Gasteiger partial charge in [-0.15, -0.1) is 0 Å². The molecule has 0 amide bonds. The zero-order valence-electron chi connectivity index (χ0n) is 14.4. The van der Waals surface area contributed by atoms with Crippen LogP contribution in [0.1, 0.15) is 30.9 Å². The molecule has 0 aliphatic rings. The van der Waals surface area contributed by atoms with Crippen LogP contribution in [0.4, 0.5) is 0 Å². The van der Waals surface area contributed by atoms with Gasteiger partial charge in [0.25, 0.3) is 0 Å². The Morgan fingerprint density at radius 2 is 1.75 bits per heavy atom. The lowest BCUT2D eigenvalue weighted by Gasteiger charge is -2.19. The third kappa shape index (κ3) is 4.72. The minimum atomic E-state index is -0.234. The Balaban J connectivity index is 2.07. The third-order valence-electron chi connectivity index (χ3n) is 4.02. The first-order valence-corrected chi connectivity index (χ1v) is 8.13. The van der Waals surface area contributed by atoms with E-state index in [1.54, 1.807) is 0 Å². The molecule has 0 saturated carbocycles. The molecule has 0 saturated heterocycles. The highest BCUT2D eigenvalue weighted by molar-refractivity contribution is 5.73. The largest absolute Gasteiger partial charge is 0.489 e.